The molecule has 0 bridgehead atoms. The van der Waals surface area contributed by atoms with Gasteiger partial charge in [-0.2, -0.15) is 13.2 Å². The van der Waals surface area contributed by atoms with Crippen molar-refractivity contribution >= 4 is 35.0 Å². The molecule has 4 nitrogen and oxygen atoms in total. The van der Waals surface area contributed by atoms with Crippen LogP contribution in [0.25, 0.3) is 0 Å². The van der Waals surface area contributed by atoms with Crippen LogP contribution in [0.4, 0.5) is 23.7 Å². The lowest BCUT2D eigenvalue weighted by Crippen LogP contribution is -2.27. The number of anilines is 1. The molecule has 9 heteroatoms. The number of alkyl halides is 3. The fourth-order valence-corrected chi connectivity index (χ4v) is 3.45. The maximum Gasteiger partial charge on any atom is 0.417 e. The van der Waals surface area contributed by atoms with Crippen molar-refractivity contribution in [3.8, 4) is 5.75 Å². The minimum Gasteiger partial charge on any atom is -0.410 e. The normalized spacial score (nSPS) is 13.3. The van der Waals surface area contributed by atoms with Gasteiger partial charge >= 0.3 is 12.3 Å². The van der Waals surface area contributed by atoms with Gasteiger partial charge < -0.3 is 9.84 Å². The Morgan fingerprint density at radius 1 is 0.938 bits per heavy atom. The molecule has 1 atom stereocenters. The maximum absolute atomic E-state index is 13.1. The van der Waals surface area contributed by atoms with E-state index in [4.69, 9.17) is 27.9 Å². The summed E-state index contributed by atoms with van der Waals surface area (Å²) in [6.07, 6.45) is -5.17. The van der Waals surface area contributed by atoms with Gasteiger partial charge in [0.15, 0.2) is 0 Å². The molecule has 2 N–H and O–H groups in total. The van der Waals surface area contributed by atoms with Crippen LogP contribution in [0.2, 0.25) is 10.0 Å². The van der Waals surface area contributed by atoms with Gasteiger partial charge in [-0.15, -0.1) is 0 Å². The summed E-state index contributed by atoms with van der Waals surface area (Å²) in [5, 5.41) is 14.3. The largest absolute Gasteiger partial charge is 0.417 e. The summed E-state index contributed by atoms with van der Waals surface area (Å²) in [5.41, 5.74) is -1.65. The molecule has 0 aliphatic carbocycles. The van der Waals surface area contributed by atoms with Crippen molar-refractivity contribution < 1.29 is 27.8 Å². The summed E-state index contributed by atoms with van der Waals surface area (Å²) in [5.74, 6) is 0.175. The molecule has 0 aliphatic rings. The first-order valence-electron chi connectivity index (χ1n) is 9.47. The van der Waals surface area contributed by atoms with Gasteiger partial charge in [-0.3, -0.25) is 5.32 Å². The lowest BCUT2D eigenvalue weighted by molar-refractivity contribution is -0.137. The molecule has 0 spiro atoms. The molecule has 3 rings (SSSR count). The van der Waals surface area contributed by atoms with Crippen LogP contribution in [-0.4, -0.2) is 11.2 Å². The van der Waals surface area contributed by atoms with E-state index in [1.54, 1.807) is 13.0 Å². The van der Waals surface area contributed by atoms with Gasteiger partial charge in [0.1, 0.15) is 11.4 Å². The first kappa shape index (κ1) is 23.9. The van der Waals surface area contributed by atoms with E-state index in [1.807, 2.05) is 0 Å². The lowest BCUT2D eigenvalue weighted by atomic mass is 9.83. The van der Waals surface area contributed by atoms with E-state index >= 15 is 0 Å². The number of rotatable bonds is 5. The van der Waals surface area contributed by atoms with Crippen molar-refractivity contribution in [3.05, 3.63) is 93.5 Å². The van der Waals surface area contributed by atoms with E-state index in [0.29, 0.717) is 16.3 Å². The monoisotopic (exact) mass is 483 g/mol. The molecular weight excluding hydrogens is 466 g/mol. The smallest absolute Gasteiger partial charge is 0.410 e. The standard InChI is InChI=1S/C23H18Cl2F3NO3/c1-2-22(31,15-4-3-5-16(12-15)23(26,27)28)14-6-9-18(10-7-14)32-21(30)29-17-8-11-19(24)20(25)13-17/h3-13,31H,2H2,1H3,(H,29,30). The van der Waals surface area contributed by atoms with Gasteiger partial charge in [-0.1, -0.05) is 54.4 Å². The fraction of sp³-hybridized carbons (Fsp3) is 0.174. The number of benzene rings is 3. The number of carbonyl (C=O) groups excluding carboxylic acids is 1. The molecule has 0 aliphatic heterocycles. The number of amides is 1. The zero-order valence-electron chi connectivity index (χ0n) is 16.7. The Labute approximate surface area is 192 Å². The van der Waals surface area contributed by atoms with Crippen LogP contribution in [0.1, 0.15) is 30.0 Å². The highest BCUT2D eigenvalue weighted by Crippen LogP contribution is 2.37. The second kappa shape index (κ2) is 9.40. The third-order valence-electron chi connectivity index (χ3n) is 4.89. The summed E-state index contributed by atoms with van der Waals surface area (Å²) in [4.78, 5) is 12.1. The first-order chi connectivity index (χ1) is 15.0. The Hall–Kier alpha value is -2.74. The summed E-state index contributed by atoms with van der Waals surface area (Å²) < 4.78 is 44.5. The zero-order chi connectivity index (χ0) is 23.5. The average Bonchev–Trinajstić information content (AvgIpc) is 2.75. The molecule has 1 unspecified atom stereocenters. The van der Waals surface area contributed by atoms with Crippen LogP contribution in [0, 0.1) is 0 Å². The lowest BCUT2D eigenvalue weighted by Gasteiger charge is -2.29. The molecule has 3 aromatic carbocycles. The number of halogens is 5. The fourth-order valence-electron chi connectivity index (χ4n) is 3.15. The highest BCUT2D eigenvalue weighted by Gasteiger charge is 2.35. The molecule has 3 aromatic rings. The Balaban J connectivity index is 1.77. The number of aliphatic hydroxyl groups is 1. The quantitative estimate of drug-likeness (QED) is 0.401. The molecule has 0 aromatic heterocycles. The molecule has 0 heterocycles. The highest BCUT2D eigenvalue weighted by atomic mass is 35.5. The summed E-state index contributed by atoms with van der Waals surface area (Å²) >= 11 is 11.7. The van der Waals surface area contributed by atoms with Gasteiger partial charge in [0.05, 0.1) is 15.6 Å². The average molecular weight is 484 g/mol. The Bertz CT molecular complexity index is 1120. The number of hydrogen-bond acceptors (Lipinski definition) is 3. The number of hydrogen-bond donors (Lipinski definition) is 2. The topological polar surface area (TPSA) is 58.6 Å². The zero-order valence-corrected chi connectivity index (χ0v) is 18.2. The third kappa shape index (κ3) is 5.35. The van der Waals surface area contributed by atoms with Gasteiger partial charge in [0.2, 0.25) is 0 Å². The maximum atomic E-state index is 13.1. The van der Waals surface area contributed by atoms with Crippen molar-refractivity contribution in [1.29, 1.82) is 0 Å². The summed E-state index contributed by atoms with van der Waals surface area (Å²) in [6.45, 7) is 1.66. The summed E-state index contributed by atoms with van der Waals surface area (Å²) in [6, 6.07) is 15.0. The Morgan fingerprint density at radius 2 is 1.59 bits per heavy atom. The second-order valence-electron chi connectivity index (χ2n) is 6.96. The van der Waals surface area contributed by atoms with E-state index in [2.05, 4.69) is 5.32 Å². The van der Waals surface area contributed by atoms with Gasteiger partial charge in [-0.05, 0) is 60.0 Å². The number of nitrogens with one attached hydrogen (secondary N) is 1. The molecule has 0 fully saturated rings. The number of ether oxygens (including phenoxy) is 1. The van der Waals surface area contributed by atoms with Crippen molar-refractivity contribution in [2.45, 2.75) is 25.1 Å². The first-order valence-corrected chi connectivity index (χ1v) is 10.2. The molecule has 0 saturated heterocycles. The molecule has 168 valence electrons. The van der Waals surface area contributed by atoms with Gasteiger partial charge in [-0.25, -0.2) is 4.79 Å². The molecule has 32 heavy (non-hydrogen) atoms. The minimum absolute atomic E-state index is 0.112. The van der Waals surface area contributed by atoms with Gasteiger partial charge in [0.25, 0.3) is 0 Å². The van der Waals surface area contributed by atoms with E-state index in [0.717, 1.165) is 12.1 Å². The SMILES string of the molecule is CCC(O)(c1ccc(OC(=O)Nc2ccc(Cl)c(Cl)c2)cc1)c1cccc(C(F)(F)F)c1. The second-order valence-corrected chi connectivity index (χ2v) is 7.77. The molecule has 0 saturated carbocycles. The van der Waals surface area contributed by atoms with E-state index in [-0.39, 0.29) is 22.8 Å². The van der Waals surface area contributed by atoms with Crippen molar-refractivity contribution in [1.82, 2.24) is 0 Å². The van der Waals surface area contributed by atoms with E-state index in [9.17, 15) is 23.1 Å². The highest BCUT2D eigenvalue weighted by molar-refractivity contribution is 6.42. The predicted molar refractivity (Wildman–Crippen MR) is 117 cm³/mol. The van der Waals surface area contributed by atoms with Crippen molar-refractivity contribution in [2.75, 3.05) is 5.32 Å². The van der Waals surface area contributed by atoms with Crippen LogP contribution in [0.15, 0.2) is 66.7 Å². The predicted octanol–water partition coefficient (Wildman–Crippen LogP) is 7.27. The van der Waals surface area contributed by atoms with Crippen LogP contribution >= 0.6 is 23.2 Å². The molecular formula is C23H18Cl2F3NO3. The van der Waals surface area contributed by atoms with Crippen LogP contribution < -0.4 is 10.1 Å². The van der Waals surface area contributed by atoms with Crippen LogP contribution in [0.5, 0.6) is 5.75 Å². The van der Waals surface area contributed by atoms with Crippen molar-refractivity contribution in [2.24, 2.45) is 0 Å². The van der Waals surface area contributed by atoms with Crippen LogP contribution in [-0.2, 0) is 11.8 Å². The van der Waals surface area contributed by atoms with Crippen LogP contribution in [0.3, 0.4) is 0 Å². The summed E-state index contributed by atoms with van der Waals surface area (Å²) in [7, 11) is 0. The van der Waals surface area contributed by atoms with Gasteiger partial charge in [0, 0.05) is 5.69 Å². The number of carbonyl (C=O) groups is 1. The third-order valence-corrected chi connectivity index (χ3v) is 5.63. The minimum atomic E-state index is -4.52. The Morgan fingerprint density at radius 3 is 2.19 bits per heavy atom. The van der Waals surface area contributed by atoms with E-state index in [1.165, 1.54) is 48.5 Å². The van der Waals surface area contributed by atoms with E-state index < -0.39 is 23.4 Å². The Kier molecular flexibility index (Phi) is 7.03. The van der Waals surface area contributed by atoms with Crippen molar-refractivity contribution in [3.63, 3.8) is 0 Å². The molecule has 0 radical (unpaired) electrons. The molecule has 1 amide bonds.